The molecule has 1 fully saturated rings. The molecule has 0 unspecified atom stereocenters. The van der Waals surface area contributed by atoms with Gasteiger partial charge in [0.2, 0.25) is 0 Å². The Kier molecular flexibility index (Phi) is 22.0. The Hall–Kier alpha value is -0.0400. The fraction of sp³-hybridized carbons (Fsp3) is 1.00. The topological polar surface area (TPSA) is 20.2 Å². The molecule has 0 aromatic heterocycles. The summed E-state index contributed by atoms with van der Waals surface area (Å²) in [7, 11) is 0. The molecule has 1 heteroatoms. The maximum Gasteiger partial charge on any atom is 0.0431 e. The van der Waals surface area contributed by atoms with E-state index in [1.807, 2.05) is 0 Å². The summed E-state index contributed by atoms with van der Waals surface area (Å²) >= 11 is 0. The van der Waals surface area contributed by atoms with Crippen LogP contribution in [0.3, 0.4) is 0 Å². The minimum atomic E-state index is 0.372. The van der Waals surface area contributed by atoms with Gasteiger partial charge < -0.3 is 5.11 Å². The lowest BCUT2D eigenvalue weighted by Crippen LogP contribution is -2.03. The lowest BCUT2D eigenvalue weighted by Gasteiger charge is -2.18. The van der Waals surface area contributed by atoms with Gasteiger partial charge in [-0.2, -0.15) is 0 Å². The van der Waals surface area contributed by atoms with Crippen molar-refractivity contribution >= 4 is 0 Å². The average Bonchev–Trinajstić information content (AvgIpc) is 2.60. The molecule has 0 amide bonds. The zero-order valence-electron chi connectivity index (χ0n) is 17.9. The van der Waals surface area contributed by atoms with Gasteiger partial charge in [0.25, 0.3) is 0 Å². The SMILES string of the molecule is CCCCC1CCCCCCC1.CCCCCCCCCCCCO. The van der Waals surface area contributed by atoms with Gasteiger partial charge in [-0.1, -0.05) is 136 Å². The van der Waals surface area contributed by atoms with Gasteiger partial charge in [0.05, 0.1) is 0 Å². The summed E-state index contributed by atoms with van der Waals surface area (Å²) in [6.07, 6.45) is 28.2. The second-order valence-corrected chi connectivity index (χ2v) is 8.26. The maximum atomic E-state index is 8.57. The van der Waals surface area contributed by atoms with E-state index in [-0.39, 0.29) is 0 Å². The third-order valence-corrected chi connectivity index (χ3v) is 5.70. The Labute approximate surface area is 160 Å². The van der Waals surface area contributed by atoms with Gasteiger partial charge in [-0.05, 0) is 12.3 Å². The first-order valence-corrected chi connectivity index (χ1v) is 12.0. The molecule has 0 heterocycles. The highest BCUT2D eigenvalue weighted by Crippen LogP contribution is 2.25. The monoisotopic (exact) mass is 354 g/mol. The van der Waals surface area contributed by atoms with Crippen molar-refractivity contribution in [2.45, 2.75) is 142 Å². The predicted molar refractivity (Wildman–Crippen MR) is 114 cm³/mol. The van der Waals surface area contributed by atoms with Crippen molar-refractivity contribution in [1.82, 2.24) is 0 Å². The molecule has 0 radical (unpaired) electrons. The first kappa shape index (κ1) is 25.0. The molecule has 0 atom stereocenters. The number of hydrogen-bond acceptors (Lipinski definition) is 1. The predicted octanol–water partition coefficient (Wildman–Crippen LogP) is 8.44. The Balaban J connectivity index is 0.000000462. The lowest BCUT2D eigenvalue weighted by molar-refractivity contribution is 0.282. The number of unbranched alkanes of at least 4 members (excludes halogenated alkanes) is 10. The molecule has 152 valence electrons. The molecule has 0 saturated heterocycles. The summed E-state index contributed by atoms with van der Waals surface area (Å²) in [5.41, 5.74) is 0. The molecule has 1 aliphatic rings. The summed E-state index contributed by atoms with van der Waals surface area (Å²) < 4.78 is 0. The summed E-state index contributed by atoms with van der Waals surface area (Å²) in [6.45, 7) is 4.94. The Morgan fingerprint density at radius 3 is 1.48 bits per heavy atom. The van der Waals surface area contributed by atoms with Crippen LogP contribution >= 0.6 is 0 Å². The largest absolute Gasteiger partial charge is 0.396 e. The van der Waals surface area contributed by atoms with E-state index in [0.717, 1.165) is 12.3 Å². The van der Waals surface area contributed by atoms with Crippen molar-refractivity contribution in [1.29, 1.82) is 0 Å². The molecule has 0 aliphatic heterocycles. The summed E-state index contributed by atoms with van der Waals surface area (Å²) in [6, 6.07) is 0. The highest BCUT2D eigenvalue weighted by molar-refractivity contribution is 4.63. The first-order chi connectivity index (χ1) is 12.3. The number of rotatable bonds is 13. The van der Waals surface area contributed by atoms with Crippen LogP contribution < -0.4 is 0 Å². The van der Waals surface area contributed by atoms with Gasteiger partial charge in [0.15, 0.2) is 0 Å². The highest BCUT2D eigenvalue weighted by atomic mass is 16.2. The first-order valence-electron chi connectivity index (χ1n) is 12.0. The summed E-state index contributed by atoms with van der Waals surface area (Å²) in [5.74, 6) is 1.09. The van der Waals surface area contributed by atoms with Crippen molar-refractivity contribution in [2.24, 2.45) is 5.92 Å². The minimum absolute atomic E-state index is 0.372. The number of hydrogen-bond donors (Lipinski definition) is 1. The molecule has 0 aromatic rings. The third kappa shape index (κ3) is 20.1. The van der Waals surface area contributed by atoms with E-state index < -0.39 is 0 Å². The Bertz CT molecular complexity index is 205. The normalized spacial score (nSPS) is 16.0. The standard InChI is InChI=1S/C12H26O.C12H24/c1-2-3-4-5-6-7-8-9-10-11-12-13;1-2-3-9-12-10-7-5-4-6-8-11-12/h13H,2-12H2,1H3;12H,2-11H2,1H3. The van der Waals surface area contributed by atoms with Gasteiger partial charge in [-0.15, -0.1) is 0 Å². The van der Waals surface area contributed by atoms with Gasteiger partial charge in [0, 0.05) is 6.61 Å². The molecule has 0 bridgehead atoms. The van der Waals surface area contributed by atoms with E-state index in [4.69, 9.17) is 5.11 Å². The highest BCUT2D eigenvalue weighted by Gasteiger charge is 2.09. The Morgan fingerprint density at radius 2 is 1.00 bits per heavy atom. The van der Waals surface area contributed by atoms with Gasteiger partial charge in [-0.25, -0.2) is 0 Å². The smallest absolute Gasteiger partial charge is 0.0431 e. The van der Waals surface area contributed by atoms with E-state index >= 15 is 0 Å². The maximum absolute atomic E-state index is 8.57. The second kappa shape index (κ2) is 22.0. The van der Waals surface area contributed by atoms with Crippen molar-refractivity contribution in [3.05, 3.63) is 0 Å². The average molecular weight is 355 g/mol. The van der Waals surface area contributed by atoms with Crippen molar-refractivity contribution in [2.75, 3.05) is 6.61 Å². The zero-order chi connectivity index (χ0) is 18.4. The van der Waals surface area contributed by atoms with E-state index in [1.54, 1.807) is 0 Å². The van der Waals surface area contributed by atoms with Crippen LogP contribution in [0.4, 0.5) is 0 Å². The van der Waals surface area contributed by atoms with Crippen LogP contribution in [0.5, 0.6) is 0 Å². The fourth-order valence-corrected chi connectivity index (χ4v) is 3.92. The van der Waals surface area contributed by atoms with Crippen molar-refractivity contribution in [3.63, 3.8) is 0 Å². The summed E-state index contributed by atoms with van der Waals surface area (Å²) in [4.78, 5) is 0. The molecular formula is C24H50O. The van der Waals surface area contributed by atoms with Crippen LogP contribution in [0.2, 0.25) is 0 Å². The van der Waals surface area contributed by atoms with Gasteiger partial charge in [-0.3, -0.25) is 0 Å². The van der Waals surface area contributed by atoms with Crippen LogP contribution in [0, 0.1) is 5.92 Å². The fourth-order valence-electron chi connectivity index (χ4n) is 3.92. The molecule has 1 saturated carbocycles. The third-order valence-electron chi connectivity index (χ3n) is 5.70. The van der Waals surface area contributed by atoms with Crippen LogP contribution in [-0.4, -0.2) is 11.7 Å². The molecule has 0 aromatic carbocycles. The molecule has 1 aliphatic carbocycles. The van der Waals surface area contributed by atoms with E-state index in [1.165, 1.54) is 122 Å². The quantitative estimate of drug-likeness (QED) is 0.329. The van der Waals surface area contributed by atoms with Gasteiger partial charge >= 0.3 is 0 Å². The molecule has 25 heavy (non-hydrogen) atoms. The number of aliphatic hydroxyl groups excluding tert-OH is 1. The lowest BCUT2D eigenvalue weighted by atomic mass is 9.88. The van der Waals surface area contributed by atoms with E-state index in [2.05, 4.69) is 13.8 Å². The molecule has 1 nitrogen and oxygen atoms in total. The molecular weight excluding hydrogens is 304 g/mol. The molecule has 1 N–H and O–H groups in total. The number of aliphatic hydroxyl groups is 1. The Morgan fingerprint density at radius 1 is 0.560 bits per heavy atom. The van der Waals surface area contributed by atoms with E-state index in [9.17, 15) is 0 Å². The molecule has 1 rings (SSSR count). The van der Waals surface area contributed by atoms with Crippen LogP contribution in [0.25, 0.3) is 0 Å². The van der Waals surface area contributed by atoms with E-state index in [0.29, 0.717) is 6.61 Å². The van der Waals surface area contributed by atoms with Crippen LogP contribution in [-0.2, 0) is 0 Å². The van der Waals surface area contributed by atoms with Crippen LogP contribution in [0.1, 0.15) is 142 Å². The van der Waals surface area contributed by atoms with Crippen LogP contribution in [0.15, 0.2) is 0 Å². The van der Waals surface area contributed by atoms with Gasteiger partial charge in [0.1, 0.15) is 0 Å². The minimum Gasteiger partial charge on any atom is -0.396 e. The van der Waals surface area contributed by atoms with Crippen molar-refractivity contribution < 1.29 is 5.11 Å². The van der Waals surface area contributed by atoms with Crippen molar-refractivity contribution in [3.8, 4) is 0 Å². The summed E-state index contributed by atoms with van der Waals surface area (Å²) in [5, 5.41) is 8.57. The molecule has 0 spiro atoms. The second-order valence-electron chi connectivity index (χ2n) is 8.26. The zero-order valence-corrected chi connectivity index (χ0v) is 17.9.